The van der Waals surface area contributed by atoms with E-state index >= 15 is 0 Å². The molecule has 2 N–H and O–H groups in total. The fourth-order valence-corrected chi connectivity index (χ4v) is 2.76. The van der Waals surface area contributed by atoms with Gasteiger partial charge >= 0.3 is 0 Å². The second-order valence-electron chi connectivity index (χ2n) is 5.42. The van der Waals surface area contributed by atoms with Gasteiger partial charge in [-0.15, -0.1) is 0 Å². The van der Waals surface area contributed by atoms with Crippen molar-refractivity contribution in [1.29, 1.82) is 0 Å². The van der Waals surface area contributed by atoms with E-state index in [0.29, 0.717) is 6.04 Å². The highest BCUT2D eigenvalue weighted by atomic mass is 15.2. The van der Waals surface area contributed by atoms with Gasteiger partial charge in [0.2, 0.25) is 0 Å². The van der Waals surface area contributed by atoms with Gasteiger partial charge in [0.15, 0.2) is 5.65 Å². The highest BCUT2D eigenvalue weighted by Gasteiger charge is 2.14. The zero-order valence-electron chi connectivity index (χ0n) is 12.1. The van der Waals surface area contributed by atoms with Gasteiger partial charge in [0.05, 0.1) is 29.8 Å². The number of fused-ring (bicyclic) bond motifs is 1. The van der Waals surface area contributed by atoms with Gasteiger partial charge in [0.25, 0.3) is 0 Å². The van der Waals surface area contributed by atoms with Crippen LogP contribution >= 0.6 is 0 Å². The molecule has 0 spiro atoms. The minimum Gasteiger partial charge on any atom is -0.365 e. The minimum atomic E-state index is 0.403. The lowest BCUT2D eigenvalue weighted by atomic mass is 10.1. The molecule has 7 heteroatoms. The van der Waals surface area contributed by atoms with Crippen LogP contribution in [0.25, 0.3) is 16.9 Å². The molecule has 0 amide bonds. The Hall–Kier alpha value is -2.54. The summed E-state index contributed by atoms with van der Waals surface area (Å²) in [6.07, 6.45) is 11.2. The number of anilines is 1. The smallest absolute Gasteiger partial charge is 0.164 e. The Kier molecular flexibility index (Phi) is 3.40. The number of piperidine rings is 1. The van der Waals surface area contributed by atoms with Crippen molar-refractivity contribution in [3.05, 3.63) is 37.1 Å². The molecule has 1 fully saturated rings. The molecule has 4 heterocycles. The van der Waals surface area contributed by atoms with Gasteiger partial charge in [-0.25, -0.2) is 14.5 Å². The molecule has 7 nitrogen and oxygen atoms in total. The second kappa shape index (κ2) is 5.69. The van der Waals surface area contributed by atoms with Crippen LogP contribution in [0.5, 0.6) is 0 Å². The number of hydrogen-bond acceptors (Lipinski definition) is 6. The van der Waals surface area contributed by atoms with E-state index in [0.717, 1.165) is 42.2 Å². The van der Waals surface area contributed by atoms with Crippen molar-refractivity contribution in [3.63, 3.8) is 0 Å². The van der Waals surface area contributed by atoms with Crippen molar-refractivity contribution in [2.45, 2.75) is 18.9 Å². The molecular weight excluding hydrogens is 278 g/mol. The minimum absolute atomic E-state index is 0.403. The first-order valence-corrected chi connectivity index (χ1v) is 7.48. The Balaban J connectivity index is 1.63. The Morgan fingerprint density at radius 1 is 1.27 bits per heavy atom. The summed E-state index contributed by atoms with van der Waals surface area (Å²) in [6.45, 7) is 2.06. The molecule has 0 saturated carbocycles. The third-order valence-electron chi connectivity index (χ3n) is 3.84. The Bertz CT molecular complexity index is 776. The van der Waals surface area contributed by atoms with Crippen LogP contribution in [0, 0.1) is 0 Å². The highest BCUT2D eigenvalue weighted by Crippen LogP contribution is 2.21. The van der Waals surface area contributed by atoms with Gasteiger partial charge in [0.1, 0.15) is 5.82 Å². The zero-order chi connectivity index (χ0) is 14.8. The van der Waals surface area contributed by atoms with E-state index in [1.54, 1.807) is 29.3 Å². The van der Waals surface area contributed by atoms with Gasteiger partial charge in [-0.2, -0.15) is 5.10 Å². The largest absolute Gasteiger partial charge is 0.365 e. The maximum absolute atomic E-state index is 4.66. The fourth-order valence-electron chi connectivity index (χ4n) is 2.76. The van der Waals surface area contributed by atoms with Gasteiger partial charge in [-0.1, -0.05) is 0 Å². The van der Waals surface area contributed by atoms with E-state index < -0.39 is 0 Å². The van der Waals surface area contributed by atoms with Crippen molar-refractivity contribution in [2.75, 3.05) is 18.4 Å². The lowest BCUT2D eigenvalue weighted by Gasteiger charge is -2.24. The molecule has 4 rings (SSSR count). The maximum atomic E-state index is 4.66. The van der Waals surface area contributed by atoms with Crippen LogP contribution in [0.2, 0.25) is 0 Å². The second-order valence-corrected chi connectivity index (χ2v) is 5.42. The SMILES string of the molecule is c1cnc2c(-c3cncc(NC4CCCNC4)n3)cnn2c1. The molecular formula is C15H17N7. The van der Waals surface area contributed by atoms with Crippen molar-refractivity contribution in [1.82, 2.24) is 29.9 Å². The van der Waals surface area contributed by atoms with Crippen molar-refractivity contribution >= 4 is 11.5 Å². The summed E-state index contributed by atoms with van der Waals surface area (Å²) in [5.74, 6) is 0.793. The number of aromatic nitrogens is 5. The van der Waals surface area contributed by atoms with Crippen LogP contribution in [-0.4, -0.2) is 43.7 Å². The van der Waals surface area contributed by atoms with Gasteiger partial charge in [0, 0.05) is 25.0 Å². The van der Waals surface area contributed by atoms with E-state index in [4.69, 9.17) is 0 Å². The summed E-state index contributed by atoms with van der Waals surface area (Å²) in [7, 11) is 0. The van der Waals surface area contributed by atoms with Crippen LogP contribution in [-0.2, 0) is 0 Å². The van der Waals surface area contributed by atoms with E-state index in [-0.39, 0.29) is 0 Å². The highest BCUT2D eigenvalue weighted by molar-refractivity contribution is 5.74. The summed E-state index contributed by atoms with van der Waals surface area (Å²) in [5.41, 5.74) is 2.45. The molecule has 112 valence electrons. The lowest BCUT2D eigenvalue weighted by molar-refractivity contribution is 0.479. The lowest BCUT2D eigenvalue weighted by Crippen LogP contribution is -2.38. The normalized spacial score (nSPS) is 18.5. The summed E-state index contributed by atoms with van der Waals surface area (Å²) in [5, 5.41) is 11.1. The molecule has 1 aliphatic heterocycles. The molecule has 0 aliphatic carbocycles. The molecule has 3 aromatic rings. The third kappa shape index (κ3) is 2.50. The maximum Gasteiger partial charge on any atom is 0.164 e. The van der Waals surface area contributed by atoms with Crippen LogP contribution in [0.1, 0.15) is 12.8 Å². The van der Waals surface area contributed by atoms with Crippen LogP contribution in [0.15, 0.2) is 37.1 Å². The first-order valence-electron chi connectivity index (χ1n) is 7.48. The Morgan fingerprint density at radius 2 is 2.27 bits per heavy atom. The Morgan fingerprint density at radius 3 is 3.18 bits per heavy atom. The van der Waals surface area contributed by atoms with Crippen molar-refractivity contribution in [3.8, 4) is 11.3 Å². The van der Waals surface area contributed by atoms with E-state index in [9.17, 15) is 0 Å². The average Bonchev–Trinajstić information content (AvgIpc) is 3.00. The molecule has 0 bridgehead atoms. The molecule has 3 aromatic heterocycles. The summed E-state index contributed by atoms with van der Waals surface area (Å²) >= 11 is 0. The van der Waals surface area contributed by atoms with Crippen LogP contribution < -0.4 is 10.6 Å². The molecule has 1 saturated heterocycles. The molecule has 0 aromatic carbocycles. The van der Waals surface area contributed by atoms with Gasteiger partial charge in [-0.05, 0) is 25.5 Å². The Labute approximate surface area is 127 Å². The molecule has 1 atom stereocenters. The summed E-state index contributed by atoms with van der Waals surface area (Å²) < 4.78 is 1.74. The van der Waals surface area contributed by atoms with Crippen LogP contribution in [0.4, 0.5) is 5.82 Å². The van der Waals surface area contributed by atoms with Gasteiger partial charge < -0.3 is 10.6 Å². The van der Waals surface area contributed by atoms with E-state index in [2.05, 4.69) is 30.7 Å². The number of rotatable bonds is 3. The molecule has 1 unspecified atom stereocenters. The number of hydrogen-bond donors (Lipinski definition) is 2. The number of nitrogens with one attached hydrogen (secondary N) is 2. The van der Waals surface area contributed by atoms with E-state index in [1.165, 1.54) is 6.42 Å². The molecule has 1 aliphatic rings. The average molecular weight is 295 g/mol. The summed E-state index contributed by atoms with van der Waals surface area (Å²) in [6, 6.07) is 2.25. The first-order chi connectivity index (χ1) is 10.9. The molecule has 0 radical (unpaired) electrons. The number of nitrogens with zero attached hydrogens (tertiary/aromatic N) is 5. The predicted molar refractivity (Wildman–Crippen MR) is 83.5 cm³/mol. The predicted octanol–water partition coefficient (Wildman–Crippen LogP) is 1.35. The third-order valence-corrected chi connectivity index (χ3v) is 3.84. The fraction of sp³-hybridized carbons (Fsp3) is 0.333. The zero-order valence-corrected chi connectivity index (χ0v) is 12.1. The standard InChI is InChI=1S/C15H17N7/c1-3-11(7-16-4-1)20-14-10-17-9-13(21-14)12-8-19-22-6-2-5-18-15(12)22/h2,5-6,8-11,16H,1,3-4,7H2,(H,20,21). The van der Waals surface area contributed by atoms with Gasteiger partial charge in [-0.3, -0.25) is 4.98 Å². The topological polar surface area (TPSA) is 80.0 Å². The first kappa shape index (κ1) is 13.1. The quantitative estimate of drug-likeness (QED) is 0.759. The monoisotopic (exact) mass is 295 g/mol. The van der Waals surface area contributed by atoms with Crippen molar-refractivity contribution < 1.29 is 0 Å². The van der Waals surface area contributed by atoms with Crippen LogP contribution in [0.3, 0.4) is 0 Å². The molecule has 22 heavy (non-hydrogen) atoms. The van der Waals surface area contributed by atoms with Crippen molar-refractivity contribution in [2.24, 2.45) is 0 Å². The summed E-state index contributed by atoms with van der Waals surface area (Å²) in [4.78, 5) is 13.3. The van der Waals surface area contributed by atoms with E-state index in [1.807, 2.05) is 12.3 Å².